The van der Waals surface area contributed by atoms with Crippen molar-refractivity contribution in [3.8, 4) is 22.8 Å². The highest BCUT2D eigenvalue weighted by molar-refractivity contribution is 6.01. The van der Waals surface area contributed by atoms with Gasteiger partial charge in [-0.15, -0.1) is 0 Å². The van der Waals surface area contributed by atoms with Crippen LogP contribution in [-0.2, 0) is 4.79 Å². The molecule has 0 aliphatic heterocycles. The third kappa shape index (κ3) is 5.43. The van der Waals surface area contributed by atoms with Gasteiger partial charge < -0.3 is 24.5 Å². The van der Waals surface area contributed by atoms with Crippen LogP contribution in [0.4, 0.5) is 5.69 Å². The molecule has 0 saturated carbocycles. The maximum Gasteiger partial charge on any atom is 0.252 e. The van der Waals surface area contributed by atoms with Crippen LogP contribution in [-0.4, -0.2) is 41.5 Å². The fourth-order valence-corrected chi connectivity index (χ4v) is 3.72. The van der Waals surface area contributed by atoms with E-state index < -0.39 is 11.9 Å². The number of rotatable bonds is 8. The Morgan fingerprint density at radius 2 is 1.63 bits per heavy atom. The number of imidazole rings is 1. The zero-order valence-corrected chi connectivity index (χ0v) is 20.1. The summed E-state index contributed by atoms with van der Waals surface area (Å²) in [5.74, 6) is 0.155. The van der Waals surface area contributed by atoms with Crippen LogP contribution in [0.25, 0.3) is 16.9 Å². The summed E-state index contributed by atoms with van der Waals surface area (Å²) in [6.45, 7) is 3.76. The largest absolute Gasteiger partial charge is 0.497 e. The number of fused-ring (bicyclic) bond motifs is 1. The number of nitrogens with one attached hydrogen (secondary N) is 2. The van der Waals surface area contributed by atoms with E-state index in [9.17, 15) is 9.59 Å². The number of carbonyl (C=O) groups is 2. The first-order chi connectivity index (χ1) is 16.9. The second kappa shape index (κ2) is 10.3. The van der Waals surface area contributed by atoms with Crippen molar-refractivity contribution < 1.29 is 19.1 Å². The van der Waals surface area contributed by atoms with Crippen LogP contribution in [0.2, 0.25) is 0 Å². The quantitative estimate of drug-likeness (QED) is 0.396. The fourth-order valence-electron chi connectivity index (χ4n) is 3.72. The molecule has 4 rings (SSSR count). The number of aromatic nitrogens is 2. The Balaban J connectivity index is 1.46. The van der Waals surface area contributed by atoms with Crippen molar-refractivity contribution >= 4 is 23.1 Å². The lowest BCUT2D eigenvalue weighted by atomic mass is 10.0. The maximum absolute atomic E-state index is 13.0. The van der Waals surface area contributed by atoms with E-state index in [1.807, 2.05) is 73.1 Å². The Labute approximate surface area is 203 Å². The van der Waals surface area contributed by atoms with Gasteiger partial charge in [0, 0.05) is 35.3 Å². The van der Waals surface area contributed by atoms with E-state index in [1.54, 1.807) is 18.2 Å². The molecule has 4 aromatic rings. The number of pyridine rings is 1. The predicted octanol–water partition coefficient (Wildman–Crippen LogP) is 4.41. The summed E-state index contributed by atoms with van der Waals surface area (Å²) in [7, 11) is 3.03. The number of carbonyl (C=O) groups excluding carboxylic acids is 2. The van der Waals surface area contributed by atoms with Gasteiger partial charge in [0.2, 0.25) is 5.91 Å². The van der Waals surface area contributed by atoms with Gasteiger partial charge in [0.05, 0.1) is 19.9 Å². The molecular formula is C27H28N4O4. The van der Waals surface area contributed by atoms with Crippen LogP contribution in [0.15, 0.2) is 73.1 Å². The molecule has 2 aromatic heterocycles. The molecule has 2 N–H and O–H groups in total. The minimum Gasteiger partial charge on any atom is -0.497 e. The second-order valence-electron chi connectivity index (χ2n) is 8.46. The van der Waals surface area contributed by atoms with Crippen molar-refractivity contribution in [1.82, 2.24) is 14.7 Å². The van der Waals surface area contributed by atoms with Gasteiger partial charge in [-0.2, -0.15) is 0 Å². The van der Waals surface area contributed by atoms with Crippen molar-refractivity contribution in [2.75, 3.05) is 19.5 Å². The third-order valence-electron chi connectivity index (χ3n) is 5.66. The van der Waals surface area contributed by atoms with E-state index in [0.717, 1.165) is 16.9 Å². The molecule has 0 saturated heterocycles. The van der Waals surface area contributed by atoms with Gasteiger partial charge in [0.25, 0.3) is 5.91 Å². The smallest absolute Gasteiger partial charge is 0.252 e. The normalized spacial score (nSPS) is 11.8. The number of methoxy groups -OCH3 is 2. The van der Waals surface area contributed by atoms with Crippen molar-refractivity contribution in [2.45, 2.75) is 19.9 Å². The number of hydrogen-bond donors (Lipinski definition) is 2. The third-order valence-corrected chi connectivity index (χ3v) is 5.66. The lowest BCUT2D eigenvalue weighted by Gasteiger charge is -2.22. The van der Waals surface area contributed by atoms with Gasteiger partial charge in [0.15, 0.2) is 0 Å². The summed E-state index contributed by atoms with van der Waals surface area (Å²) >= 11 is 0. The molecule has 1 atom stereocenters. The van der Waals surface area contributed by atoms with Gasteiger partial charge in [-0.1, -0.05) is 32.0 Å². The first-order valence-corrected chi connectivity index (χ1v) is 11.3. The summed E-state index contributed by atoms with van der Waals surface area (Å²) in [4.78, 5) is 30.6. The molecule has 0 bridgehead atoms. The van der Waals surface area contributed by atoms with Crippen LogP contribution >= 0.6 is 0 Å². The molecule has 8 heteroatoms. The van der Waals surface area contributed by atoms with E-state index in [4.69, 9.17) is 9.47 Å². The van der Waals surface area contributed by atoms with Crippen LogP contribution in [0.3, 0.4) is 0 Å². The number of benzene rings is 2. The van der Waals surface area contributed by atoms with E-state index >= 15 is 0 Å². The SMILES string of the molecule is COc1cc(OC)cc(C(=O)N[C@H](C(=O)Nc2ccc(-c3cn4ccccc4n3)cc2)C(C)C)c1. The van der Waals surface area contributed by atoms with Crippen LogP contribution in [0.5, 0.6) is 11.5 Å². The van der Waals surface area contributed by atoms with E-state index in [0.29, 0.717) is 22.7 Å². The Hall–Kier alpha value is -4.33. The zero-order chi connectivity index (χ0) is 24.9. The van der Waals surface area contributed by atoms with Crippen molar-refractivity contribution in [3.05, 3.63) is 78.6 Å². The van der Waals surface area contributed by atoms with Crippen LogP contribution in [0.1, 0.15) is 24.2 Å². The molecule has 0 unspecified atom stereocenters. The number of hydrogen-bond acceptors (Lipinski definition) is 5. The maximum atomic E-state index is 13.0. The molecule has 0 aliphatic rings. The molecule has 180 valence electrons. The average Bonchev–Trinajstić information content (AvgIpc) is 3.31. The highest BCUT2D eigenvalue weighted by Crippen LogP contribution is 2.24. The Morgan fingerprint density at radius 1 is 0.943 bits per heavy atom. The molecule has 0 aliphatic carbocycles. The molecule has 2 heterocycles. The number of anilines is 1. The Bertz CT molecular complexity index is 1290. The topological polar surface area (TPSA) is 94.0 Å². The molecule has 35 heavy (non-hydrogen) atoms. The van der Waals surface area contributed by atoms with Crippen LogP contribution in [0, 0.1) is 5.92 Å². The second-order valence-corrected chi connectivity index (χ2v) is 8.46. The number of amides is 2. The molecule has 2 aromatic carbocycles. The predicted molar refractivity (Wildman–Crippen MR) is 135 cm³/mol. The molecule has 8 nitrogen and oxygen atoms in total. The monoisotopic (exact) mass is 472 g/mol. The van der Waals surface area contributed by atoms with Gasteiger partial charge in [-0.25, -0.2) is 4.98 Å². The van der Waals surface area contributed by atoms with Gasteiger partial charge >= 0.3 is 0 Å². The summed E-state index contributed by atoms with van der Waals surface area (Å²) < 4.78 is 12.4. The van der Waals surface area contributed by atoms with Gasteiger partial charge in [-0.3, -0.25) is 9.59 Å². The Morgan fingerprint density at radius 3 is 2.23 bits per heavy atom. The first kappa shape index (κ1) is 23.8. The molecule has 2 amide bonds. The molecule has 0 radical (unpaired) electrons. The summed E-state index contributed by atoms with van der Waals surface area (Å²) in [6.07, 6.45) is 3.91. The molecule has 0 spiro atoms. The lowest BCUT2D eigenvalue weighted by molar-refractivity contribution is -0.118. The first-order valence-electron chi connectivity index (χ1n) is 11.3. The van der Waals surface area contributed by atoms with E-state index in [-0.39, 0.29) is 11.8 Å². The van der Waals surface area contributed by atoms with Gasteiger partial charge in [-0.05, 0) is 42.3 Å². The van der Waals surface area contributed by atoms with Gasteiger partial charge in [0.1, 0.15) is 23.2 Å². The lowest BCUT2D eigenvalue weighted by Crippen LogP contribution is -2.47. The van der Waals surface area contributed by atoms with E-state index in [2.05, 4.69) is 15.6 Å². The summed E-state index contributed by atoms with van der Waals surface area (Å²) in [6, 6.07) is 17.4. The number of nitrogens with zero attached hydrogens (tertiary/aromatic N) is 2. The Kier molecular flexibility index (Phi) is 7.01. The standard InChI is InChI=1S/C27H28N4O4/c1-17(2)25(30-26(32)19-13-21(34-3)15-22(14-19)35-4)27(33)28-20-10-8-18(9-11-20)23-16-31-12-6-5-7-24(31)29-23/h5-17,25H,1-4H3,(H,28,33)(H,30,32)/t25-/m0/s1. The molecule has 0 fully saturated rings. The summed E-state index contributed by atoms with van der Waals surface area (Å²) in [5.41, 5.74) is 3.62. The van der Waals surface area contributed by atoms with Crippen molar-refractivity contribution in [3.63, 3.8) is 0 Å². The summed E-state index contributed by atoms with van der Waals surface area (Å²) in [5, 5.41) is 5.73. The van der Waals surface area contributed by atoms with Crippen LogP contribution < -0.4 is 20.1 Å². The highest BCUT2D eigenvalue weighted by Gasteiger charge is 2.25. The average molecular weight is 473 g/mol. The van der Waals surface area contributed by atoms with Crippen molar-refractivity contribution in [1.29, 1.82) is 0 Å². The number of ether oxygens (including phenoxy) is 2. The zero-order valence-electron chi connectivity index (χ0n) is 20.1. The molecular weight excluding hydrogens is 444 g/mol. The van der Waals surface area contributed by atoms with Crippen molar-refractivity contribution in [2.24, 2.45) is 5.92 Å². The van der Waals surface area contributed by atoms with E-state index in [1.165, 1.54) is 14.2 Å². The minimum atomic E-state index is -0.738. The minimum absolute atomic E-state index is 0.135. The highest BCUT2D eigenvalue weighted by atomic mass is 16.5. The fraction of sp³-hybridized carbons (Fsp3) is 0.222.